The zero-order valence-corrected chi connectivity index (χ0v) is 20.4. The maximum Gasteiger partial charge on any atom is 0.272 e. The predicted molar refractivity (Wildman–Crippen MR) is 134 cm³/mol. The third kappa shape index (κ3) is 4.75. The Kier molecular flexibility index (Phi) is 6.69. The summed E-state index contributed by atoms with van der Waals surface area (Å²) in [6, 6.07) is 15.2. The highest BCUT2D eigenvalue weighted by molar-refractivity contribution is 7.99. The van der Waals surface area contributed by atoms with Gasteiger partial charge in [0, 0.05) is 17.8 Å². The van der Waals surface area contributed by atoms with Crippen LogP contribution in [-0.4, -0.2) is 28.3 Å². The second kappa shape index (κ2) is 9.48. The minimum absolute atomic E-state index is 0.0821. The van der Waals surface area contributed by atoms with E-state index in [-0.39, 0.29) is 17.2 Å². The van der Waals surface area contributed by atoms with Crippen LogP contribution in [0.25, 0.3) is 10.2 Å². The average Bonchev–Trinajstić information content (AvgIpc) is 3.25. The SMILES string of the molecule is Cc1ccc(Cn2c(SCC(=O)N(C)c3cccc(Cl)c3)nc3ccsc3c2=O)cc1C. The van der Waals surface area contributed by atoms with Crippen molar-refractivity contribution in [1.29, 1.82) is 0 Å². The number of nitrogens with zero attached hydrogens (tertiary/aromatic N) is 3. The molecule has 0 unspecified atom stereocenters. The molecule has 4 rings (SSSR count). The normalized spacial score (nSPS) is 11.1. The van der Waals surface area contributed by atoms with Gasteiger partial charge in [-0.25, -0.2) is 4.98 Å². The van der Waals surface area contributed by atoms with E-state index >= 15 is 0 Å². The fraction of sp³-hybridized carbons (Fsp3) is 0.208. The van der Waals surface area contributed by atoms with E-state index in [0.29, 0.717) is 26.9 Å². The van der Waals surface area contributed by atoms with Crippen LogP contribution in [0.5, 0.6) is 0 Å². The Hall–Kier alpha value is -2.61. The number of hydrogen-bond donors (Lipinski definition) is 0. The molecular weight excluding hydrogens is 462 g/mol. The van der Waals surface area contributed by atoms with Gasteiger partial charge in [-0.2, -0.15) is 0 Å². The van der Waals surface area contributed by atoms with Gasteiger partial charge in [0.15, 0.2) is 5.16 Å². The molecule has 164 valence electrons. The standard InChI is InChI=1S/C24H22ClN3O2S2/c1-15-7-8-17(11-16(15)2)13-28-23(30)22-20(9-10-31-22)26-24(28)32-14-21(29)27(3)19-6-4-5-18(25)12-19/h4-12H,13-14H2,1-3H3. The maximum absolute atomic E-state index is 13.2. The maximum atomic E-state index is 13.2. The Morgan fingerprint density at radius 2 is 1.97 bits per heavy atom. The van der Waals surface area contributed by atoms with Crippen LogP contribution in [0.15, 0.2) is 63.9 Å². The first-order valence-electron chi connectivity index (χ1n) is 10.0. The van der Waals surface area contributed by atoms with Gasteiger partial charge in [-0.1, -0.05) is 47.6 Å². The van der Waals surface area contributed by atoms with Crippen LogP contribution in [0.2, 0.25) is 5.02 Å². The second-order valence-electron chi connectivity index (χ2n) is 7.56. The lowest BCUT2D eigenvalue weighted by Crippen LogP contribution is -2.29. The number of aryl methyl sites for hydroxylation is 2. The van der Waals surface area contributed by atoms with Crippen LogP contribution in [0, 0.1) is 13.8 Å². The number of halogens is 1. The lowest BCUT2D eigenvalue weighted by molar-refractivity contribution is -0.115. The molecule has 0 radical (unpaired) electrons. The predicted octanol–water partition coefficient (Wildman–Crippen LogP) is 5.53. The van der Waals surface area contributed by atoms with E-state index in [1.807, 2.05) is 29.6 Å². The fourth-order valence-electron chi connectivity index (χ4n) is 3.31. The molecule has 0 spiro atoms. The molecule has 2 heterocycles. The number of carbonyl (C=O) groups excluding carboxylic acids is 1. The zero-order valence-electron chi connectivity index (χ0n) is 18.0. The van der Waals surface area contributed by atoms with Crippen molar-refractivity contribution < 1.29 is 4.79 Å². The van der Waals surface area contributed by atoms with Crippen molar-refractivity contribution in [2.45, 2.75) is 25.5 Å². The molecular formula is C24H22ClN3O2S2. The number of aromatic nitrogens is 2. The van der Waals surface area contributed by atoms with Gasteiger partial charge in [-0.05, 0) is 60.2 Å². The van der Waals surface area contributed by atoms with Crippen LogP contribution < -0.4 is 10.5 Å². The first kappa shape index (κ1) is 22.6. The first-order chi connectivity index (χ1) is 15.3. The molecule has 0 aliphatic heterocycles. The van der Waals surface area contributed by atoms with Crippen molar-refractivity contribution in [3.8, 4) is 0 Å². The monoisotopic (exact) mass is 483 g/mol. The number of anilines is 1. The smallest absolute Gasteiger partial charge is 0.272 e. The van der Waals surface area contributed by atoms with E-state index in [2.05, 4.69) is 26.0 Å². The Labute approximate surface area is 199 Å². The number of thioether (sulfide) groups is 1. The summed E-state index contributed by atoms with van der Waals surface area (Å²) in [6.45, 7) is 4.53. The lowest BCUT2D eigenvalue weighted by Gasteiger charge is -2.18. The zero-order chi connectivity index (χ0) is 22.8. The summed E-state index contributed by atoms with van der Waals surface area (Å²) in [6.07, 6.45) is 0. The minimum Gasteiger partial charge on any atom is -0.315 e. The number of thiophene rings is 1. The van der Waals surface area contributed by atoms with E-state index in [0.717, 1.165) is 11.3 Å². The van der Waals surface area contributed by atoms with Gasteiger partial charge < -0.3 is 4.90 Å². The summed E-state index contributed by atoms with van der Waals surface area (Å²) < 4.78 is 2.29. The molecule has 0 N–H and O–H groups in total. The molecule has 0 aliphatic carbocycles. The summed E-state index contributed by atoms with van der Waals surface area (Å²) in [5.74, 6) is 0.0487. The lowest BCUT2D eigenvalue weighted by atomic mass is 10.1. The van der Waals surface area contributed by atoms with E-state index < -0.39 is 0 Å². The fourth-order valence-corrected chi connectivity index (χ4v) is 5.18. The molecule has 4 aromatic rings. The minimum atomic E-state index is -0.102. The highest BCUT2D eigenvalue weighted by Gasteiger charge is 2.17. The highest BCUT2D eigenvalue weighted by Crippen LogP contribution is 2.24. The number of hydrogen-bond acceptors (Lipinski definition) is 5. The van der Waals surface area contributed by atoms with E-state index in [1.54, 1.807) is 28.6 Å². The van der Waals surface area contributed by atoms with Crippen molar-refractivity contribution in [2.75, 3.05) is 17.7 Å². The van der Waals surface area contributed by atoms with Crippen molar-refractivity contribution in [3.05, 3.63) is 86.0 Å². The van der Waals surface area contributed by atoms with Crippen LogP contribution >= 0.6 is 34.7 Å². The van der Waals surface area contributed by atoms with Crippen molar-refractivity contribution >= 4 is 56.5 Å². The second-order valence-corrected chi connectivity index (χ2v) is 9.86. The first-order valence-corrected chi connectivity index (χ1v) is 12.3. The molecule has 0 aliphatic rings. The Balaban J connectivity index is 1.62. The van der Waals surface area contributed by atoms with Crippen molar-refractivity contribution in [2.24, 2.45) is 0 Å². The van der Waals surface area contributed by atoms with Gasteiger partial charge in [-0.15, -0.1) is 11.3 Å². The number of carbonyl (C=O) groups is 1. The van der Waals surface area contributed by atoms with Gasteiger partial charge in [0.1, 0.15) is 4.70 Å². The van der Waals surface area contributed by atoms with Crippen LogP contribution in [-0.2, 0) is 11.3 Å². The van der Waals surface area contributed by atoms with Crippen molar-refractivity contribution in [1.82, 2.24) is 9.55 Å². The Morgan fingerprint density at radius 1 is 1.16 bits per heavy atom. The van der Waals surface area contributed by atoms with E-state index in [4.69, 9.17) is 16.6 Å². The van der Waals surface area contributed by atoms with Crippen LogP contribution in [0.3, 0.4) is 0 Å². The summed E-state index contributed by atoms with van der Waals surface area (Å²) >= 11 is 8.72. The summed E-state index contributed by atoms with van der Waals surface area (Å²) in [5.41, 5.74) is 4.70. The van der Waals surface area contributed by atoms with Gasteiger partial charge in [-0.3, -0.25) is 14.2 Å². The summed E-state index contributed by atoms with van der Waals surface area (Å²) in [5, 5.41) is 2.97. The number of amides is 1. The number of benzene rings is 2. The molecule has 8 heteroatoms. The number of rotatable bonds is 6. The van der Waals surface area contributed by atoms with Gasteiger partial charge >= 0.3 is 0 Å². The van der Waals surface area contributed by atoms with Crippen molar-refractivity contribution in [3.63, 3.8) is 0 Å². The van der Waals surface area contributed by atoms with E-state index in [1.165, 1.54) is 34.2 Å². The largest absolute Gasteiger partial charge is 0.315 e. The Morgan fingerprint density at radius 3 is 2.72 bits per heavy atom. The molecule has 0 bridgehead atoms. The van der Waals surface area contributed by atoms with Gasteiger partial charge in [0.2, 0.25) is 5.91 Å². The topological polar surface area (TPSA) is 55.2 Å². The molecule has 2 aromatic carbocycles. The van der Waals surface area contributed by atoms with Gasteiger partial charge in [0.05, 0.1) is 17.8 Å². The summed E-state index contributed by atoms with van der Waals surface area (Å²) in [4.78, 5) is 32.3. The Bertz CT molecular complexity index is 1360. The molecule has 32 heavy (non-hydrogen) atoms. The quantitative estimate of drug-likeness (QED) is 0.267. The molecule has 0 saturated heterocycles. The van der Waals surface area contributed by atoms with Gasteiger partial charge in [0.25, 0.3) is 5.56 Å². The van der Waals surface area contributed by atoms with Crippen LogP contribution in [0.1, 0.15) is 16.7 Å². The highest BCUT2D eigenvalue weighted by atomic mass is 35.5. The van der Waals surface area contributed by atoms with Crippen LogP contribution in [0.4, 0.5) is 5.69 Å². The molecule has 0 atom stereocenters. The molecule has 5 nitrogen and oxygen atoms in total. The molecule has 1 amide bonds. The third-order valence-electron chi connectivity index (χ3n) is 5.34. The molecule has 2 aromatic heterocycles. The molecule has 0 fully saturated rings. The summed E-state index contributed by atoms with van der Waals surface area (Å²) in [7, 11) is 1.71. The van der Waals surface area contributed by atoms with E-state index in [9.17, 15) is 9.59 Å². The third-order valence-corrected chi connectivity index (χ3v) is 7.43. The molecule has 0 saturated carbocycles. The number of fused-ring (bicyclic) bond motifs is 1. The average molecular weight is 484 g/mol.